The van der Waals surface area contributed by atoms with E-state index in [1.54, 1.807) is 24.5 Å². The minimum Gasteiger partial charge on any atom is -0.340 e. The lowest BCUT2D eigenvalue weighted by atomic mass is 10.2. The molecule has 0 radical (unpaired) electrons. The third-order valence-corrected chi connectivity index (χ3v) is 4.59. The molecular formula is C14H11ClN4O2S. The maximum absolute atomic E-state index is 11.7. The molecule has 22 heavy (non-hydrogen) atoms. The second-order valence-electron chi connectivity index (χ2n) is 4.53. The second kappa shape index (κ2) is 5.88. The molecule has 0 spiro atoms. The van der Waals surface area contributed by atoms with Crippen LogP contribution in [-0.4, -0.2) is 21.1 Å². The molecule has 0 atom stereocenters. The van der Waals surface area contributed by atoms with Crippen molar-refractivity contribution < 1.29 is 10.0 Å². The van der Waals surface area contributed by atoms with Crippen LogP contribution in [0.2, 0.25) is 5.02 Å². The van der Waals surface area contributed by atoms with Gasteiger partial charge in [-0.2, -0.15) is 0 Å². The first-order chi connectivity index (χ1) is 10.6. The summed E-state index contributed by atoms with van der Waals surface area (Å²) in [5, 5.41) is 13.4. The molecular weight excluding hydrogens is 324 g/mol. The number of halogens is 1. The van der Waals surface area contributed by atoms with Crippen LogP contribution in [0.3, 0.4) is 0 Å². The summed E-state index contributed by atoms with van der Waals surface area (Å²) in [6, 6.07) is 7.21. The van der Waals surface area contributed by atoms with Gasteiger partial charge in [0, 0.05) is 10.7 Å². The van der Waals surface area contributed by atoms with E-state index in [9.17, 15) is 4.79 Å². The lowest BCUT2D eigenvalue weighted by molar-refractivity contribution is 0.0710. The molecule has 1 aromatic carbocycles. The maximum atomic E-state index is 11.7. The van der Waals surface area contributed by atoms with Gasteiger partial charge >= 0.3 is 0 Å². The number of nitrogens with zero attached hydrogens (tertiary/aromatic N) is 2. The molecule has 6 nitrogen and oxygen atoms in total. The molecule has 3 N–H and O–H groups in total. The van der Waals surface area contributed by atoms with E-state index in [0.717, 1.165) is 11.1 Å². The van der Waals surface area contributed by atoms with Gasteiger partial charge < -0.3 is 5.32 Å². The van der Waals surface area contributed by atoms with E-state index in [1.807, 2.05) is 12.1 Å². The number of aromatic nitrogens is 2. The van der Waals surface area contributed by atoms with Crippen molar-refractivity contribution in [1.82, 2.24) is 15.4 Å². The highest BCUT2D eigenvalue weighted by Crippen LogP contribution is 2.34. The van der Waals surface area contributed by atoms with Crippen molar-refractivity contribution in [2.45, 2.75) is 6.92 Å². The van der Waals surface area contributed by atoms with Crippen molar-refractivity contribution in [1.29, 1.82) is 0 Å². The summed E-state index contributed by atoms with van der Waals surface area (Å²) in [5.74, 6) is 0.0380. The van der Waals surface area contributed by atoms with E-state index in [2.05, 4.69) is 15.3 Å². The Balaban J connectivity index is 2.08. The number of hydrogen-bond donors (Lipinski definition) is 3. The van der Waals surface area contributed by atoms with Gasteiger partial charge in [-0.15, -0.1) is 11.3 Å². The van der Waals surface area contributed by atoms with Gasteiger partial charge in [0.2, 0.25) is 0 Å². The van der Waals surface area contributed by atoms with Crippen LogP contribution in [0.25, 0.3) is 10.2 Å². The van der Waals surface area contributed by atoms with Crippen LogP contribution in [0, 0.1) is 6.92 Å². The third kappa shape index (κ3) is 2.61. The average molecular weight is 335 g/mol. The standard InChI is InChI=1S/C14H11ClN4O2S/c1-7-10-12(18-9-4-2-8(15)3-5-9)16-6-17-14(10)22-11(7)13(20)19-21/h2-6,21H,1H3,(H,19,20)(H,16,17,18). The van der Waals surface area contributed by atoms with Gasteiger partial charge in [0.25, 0.3) is 5.91 Å². The highest BCUT2D eigenvalue weighted by atomic mass is 35.5. The van der Waals surface area contributed by atoms with Crippen LogP contribution >= 0.6 is 22.9 Å². The number of rotatable bonds is 3. The Bertz CT molecular complexity index is 848. The number of carbonyl (C=O) groups excluding carboxylic acids is 1. The first-order valence-electron chi connectivity index (χ1n) is 6.31. The minimum atomic E-state index is -0.557. The van der Waals surface area contributed by atoms with Gasteiger partial charge in [-0.05, 0) is 36.8 Å². The maximum Gasteiger partial charge on any atom is 0.285 e. The van der Waals surface area contributed by atoms with Crippen LogP contribution in [0.5, 0.6) is 0 Å². The van der Waals surface area contributed by atoms with E-state index in [1.165, 1.54) is 17.7 Å². The zero-order chi connectivity index (χ0) is 15.7. The number of amides is 1. The van der Waals surface area contributed by atoms with Gasteiger partial charge in [0.1, 0.15) is 17.0 Å². The van der Waals surface area contributed by atoms with Crippen LogP contribution in [0.4, 0.5) is 11.5 Å². The Hall–Kier alpha value is -2.22. The minimum absolute atomic E-state index is 0.400. The molecule has 1 amide bonds. The number of aryl methyl sites for hydroxylation is 1. The highest BCUT2D eigenvalue weighted by Gasteiger charge is 2.18. The van der Waals surface area contributed by atoms with Crippen LogP contribution in [0.15, 0.2) is 30.6 Å². The first-order valence-corrected chi connectivity index (χ1v) is 7.50. The van der Waals surface area contributed by atoms with Crippen LogP contribution < -0.4 is 10.8 Å². The summed E-state index contributed by atoms with van der Waals surface area (Å²) in [4.78, 5) is 21.2. The lowest BCUT2D eigenvalue weighted by Gasteiger charge is -2.07. The van der Waals surface area contributed by atoms with Gasteiger partial charge in [0.05, 0.1) is 10.3 Å². The zero-order valence-electron chi connectivity index (χ0n) is 11.4. The Morgan fingerprint density at radius 2 is 2.00 bits per heavy atom. The van der Waals surface area contributed by atoms with Crippen molar-refractivity contribution in [2.75, 3.05) is 5.32 Å². The fourth-order valence-corrected chi connectivity index (χ4v) is 3.27. The summed E-state index contributed by atoms with van der Waals surface area (Å²) in [7, 11) is 0. The molecule has 2 heterocycles. The van der Waals surface area contributed by atoms with Crippen molar-refractivity contribution in [3.05, 3.63) is 46.1 Å². The van der Waals surface area contributed by atoms with Gasteiger partial charge in [-0.1, -0.05) is 11.6 Å². The monoisotopic (exact) mass is 334 g/mol. The second-order valence-corrected chi connectivity index (χ2v) is 5.97. The summed E-state index contributed by atoms with van der Waals surface area (Å²) < 4.78 is 0. The number of fused-ring (bicyclic) bond motifs is 1. The Morgan fingerprint density at radius 1 is 1.27 bits per heavy atom. The van der Waals surface area contributed by atoms with E-state index >= 15 is 0 Å². The van der Waals surface area contributed by atoms with Gasteiger partial charge in [0.15, 0.2) is 0 Å². The van der Waals surface area contributed by atoms with Gasteiger partial charge in [-0.3, -0.25) is 10.0 Å². The molecule has 3 rings (SSSR count). The van der Waals surface area contributed by atoms with E-state index in [-0.39, 0.29) is 0 Å². The zero-order valence-corrected chi connectivity index (χ0v) is 13.0. The predicted octanol–water partition coefficient (Wildman–Crippen LogP) is 3.52. The van der Waals surface area contributed by atoms with Crippen molar-refractivity contribution >= 4 is 50.6 Å². The van der Waals surface area contributed by atoms with Crippen LogP contribution in [-0.2, 0) is 0 Å². The largest absolute Gasteiger partial charge is 0.340 e. The molecule has 0 aliphatic carbocycles. The van der Waals surface area contributed by atoms with Crippen molar-refractivity contribution in [2.24, 2.45) is 0 Å². The fraction of sp³-hybridized carbons (Fsp3) is 0.0714. The SMILES string of the molecule is Cc1c(C(=O)NO)sc2ncnc(Nc3ccc(Cl)cc3)c12. The number of anilines is 2. The number of thiophene rings is 1. The topological polar surface area (TPSA) is 87.1 Å². The Labute approximate surface area is 134 Å². The molecule has 0 fully saturated rings. The quantitative estimate of drug-likeness (QED) is 0.504. The van der Waals surface area contributed by atoms with Crippen molar-refractivity contribution in [3.8, 4) is 0 Å². The Morgan fingerprint density at radius 3 is 2.68 bits per heavy atom. The summed E-state index contributed by atoms with van der Waals surface area (Å²) in [6.07, 6.45) is 1.43. The number of hydroxylamine groups is 1. The third-order valence-electron chi connectivity index (χ3n) is 3.14. The lowest BCUT2D eigenvalue weighted by Crippen LogP contribution is -2.17. The van der Waals surface area contributed by atoms with E-state index < -0.39 is 5.91 Å². The highest BCUT2D eigenvalue weighted by molar-refractivity contribution is 7.20. The average Bonchev–Trinajstić information content (AvgIpc) is 2.87. The smallest absolute Gasteiger partial charge is 0.285 e. The van der Waals surface area contributed by atoms with Crippen LogP contribution in [0.1, 0.15) is 15.2 Å². The molecule has 0 aliphatic rings. The number of carbonyl (C=O) groups is 1. The molecule has 0 bridgehead atoms. The molecule has 0 saturated carbocycles. The number of benzene rings is 1. The molecule has 0 aliphatic heterocycles. The Kier molecular flexibility index (Phi) is 3.93. The normalized spacial score (nSPS) is 10.7. The number of hydrogen-bond acceptors (Lipinski definition) is 6. The first kappa shape index (κ1) is 14.7. The molecule has 0 saturated heterocycles. The molecule has 2 aromatic heterocycles. The summed E-state index contributed by atoms with van der Waals surface area (Å²) in [5.41, 5.74) is 3.18. The van der Waals surface area contributed by atoms with Crippen molar-refractivity contribution in [3.63, 3.8) is 0 Å². The molecule has 112 valence electrons. The molecule has 3 aromatic rings. The summed E-state index contributed by atoms with van der Waals surface area (Å²) in [6.45, 7) is 1.79. The summed E-state index contributed by atoms with van der Waals surface area (Å²) >= 11 is 7.07. The number of nitrogens with one attached hydrogen (secondary N) is 2. The predicted molar refractivity (Wildman–Crippen MR) is 86.1 cm³/mol. The molecule has 8 heteroatoms. The van der Waals surface area contributed by atoms with E-state index in [4.69, 9.17) is 16.8 Å². The molecule has 0 unspecified atom stereocenters. The fourth-order valence-electron chi connectivity index (χ4n) is 2.10. The van der Waals surface area contributed by atoms with E-state index in [0.29, 0.717) is 26.1 Å². The van der Waals surface area contributed by atoms with Gasteiger partial charge in [-0.25, -0.2) is 15.4 Å².